The molecule has 9 nitrogen and oxygen atoms in total. The number of aryl methyl sites for hydroxylation is 1. The van der Waals surface area contributed by atoms with Crippen molar-refractivity contribution in [3.8, 4) is 16.9 Å². The first kappa shape index (κ1) is 23.4. The zero-order valence-electron chi connectivity index (χ0n) is 17.6. The molecule has 3 rings (SSSR count). The van der Waals surface area contributed by atoms with E-state index in [0.717, 1.165) is 17.7 Å². The SMILES string of the molecule is COc1ccc(-c2cc(F)c3c(=O)n(CCC(C)(C(=O)NO)S(C)(=O)=O)cnc3c2)cc1. The van der Waals surface area contributed by atoms with Gasteiger partial charge in [0.25, 0.3) is 11.5 Å². The van der Waals surface area contributed by atoms with Crippen molar-refractivity contribution in [3.63, 3.8) is 0 Å². The quantitative estimate of drug-likeness (QED) is 0.405. The molecule has 3 aromatic rings. The molecule has 1 heterocycles. The predicted molar refractivity (Wildman–Crippen MR) is 116 cm³/mol. The van der Waals surface area contributed by atoms with Gasteiger partial charge in [0.15, 0.2) is 14.6 Å². The van der Waals surface area contributed by atoms with Crippen molar-refractivity contribution in [1.82, 2.24) is 15.0 Å². The lowest BCUT2D eigenvalue weighted by atomic mass is 10.0. The first-order chi connectivity index (χ1) is 15.0. The molecule has 0 saturated carbocycles. The maximum atomic E-state index is 14.9. The van der Waals surface area contributed by atoms with E-state index in [4.69, 9.17) is 9.94 Å². The number of hydroxylamine groups is 1. The molecule has 1 unspecified atom stereocenters. The monoisotopic (exact) mass is 463 g/mol. The molecular formula is C21H22FN3O6S. The molecule has 2 aromatic carbocycles. The second kappa shape index (κ2) is 8.67. The molecule has 2 N–H and O–H groups in total. The van der Waals surface area contributed by atoms with E-state index in [9.17, 15) is 22.4 Å². The van der Waals surface area contributed by atoms with Crippen LogP contribution in [0.2, 0.25) is 0 Å². The van der Waals surface area contributed by atoms with E-state index in [2.05, 4.69) is 4.98 Å². The van der Waals surface area contributed by atoms with Gasteiger partial charge < -0.3 is 4.74 Å². The molecule has 0 saturated heterocycles. The Hall–Kier alpha value is -3.31. The summed E-state index contributed by atoms with van der Waals surface area (Å²) in [4.78, 5) is 29.0. The Morgan fingerprint density at radius 2 is 1.91 bits per heavy atom. The Bertz CT molecular complexity index is 1340. The fourth-order valence-corrected chi connectivity index (χ4v) is 4.11. The van der Waals surface area contributed by atoms with E-state index >= 15 is 0 Å². The maximum absolute atomic E-state index is 14.9. The fourth-order valence-electron chi connectivity index (χ4n) is 3.26. The minimum Gasteiger partial charge on any atom is -0.497 e. The average Bonchev–Trinajstić information content (AvgIpc) is 2.76. The highest BCUT2D eigenvalue weighted by Crippen LogP contribution is 2.27. The largest absolute Gasteiger partial charge is 0.497 e. The predicted octanol–water partition coefficient (Wildman–Crippen LogP) is 1.91. The van der Waals surface area contributed by atoms with Gasteiger partial charge in [0.2, 0.25) is 0 Å². The van der Waals surface area contributed by atoms with Crippen LogP contribution in [-0.2, 0) is 21.2 Å². The number of aromatic nitrogens is 2. The highest BCUT2D eigenvalue weighted by molar-refractivity contribution is 7.92. The van der Waals surface area contributed by atoms with Gasteiger partial charge in [0.1, 0.15) is 17.0 Å². The molecule has 32 heavy (non-hydrogen) atoms. The van der Waals surface area contributed by atoms with Crippen molar-refractivity contribution >= 4 is 26.6 Å². The van der Waals surface area contributed by atoms with Gasteiger partial charge in [-0.15, -0.1) is 0 Å². The van der Waals surface area contributed by atoms with E-state index in [1.54, 1.807) is 30.3 Å². The van der Waals surface area contributed by atoms with Crippen molar-refractivity contribution in [2.45, 2.75) is 24.6 Å². The van der Waals surface area contributed by atoms with Gasteiger partial charge in [-0.3, -0.25) is 19.4 Å². The number of carbonyl (C=O) groups is 1. The zero-order valence-corrected chi connectivity index (χ0v) is 18.4. The van der Waals surface area contributed by atoms with Gasteiger partial charge in [-0.2, -0.15) is 0 Å². The number of carbonyl (C=O) groups excluding carboxylic acids is 1. The molecule has 11 heteroatoms. The molecule has 1 amide bonds. The summed E-state index contributed by atoms with van der Waals surface area (Å²) in [6.07, 6.45) is 1.68. The Kier molecular flexibility index (Phi) is 6.33. The van der Waals surface area contributed by atoms with Crippen LogP contribution in [0.5, 0.6) is 5.75 Å². The number of nitrogens with zero attached hydrogens (tertiary/aromatic N) is 2. The molecule has 0 aliphatic heterocycles. The van der Waals surface area contributed by atoms with Crippen molar-refractivity contribution in [2.75, 3.05) is 13.4 Å². The Labute approximate surface area is 183 Å². The number of benzene rings is 2. The van der Waals surface area contributed by atoms with Crippen molar-refractivity contribution in [1.29, 1.82) is 0 Å². The van der Waals surface area contributed by atoms with Crippen molar-refractivity contribution in [2.24, 2.45) is 0 Å². The van der Waals surface area contributed by atoms with Gasteiger partial charge in [-0.05, 0) is 48.7 Å². The third-order valence-electron chi connectivity index (χ3n) is 5.53. The summed E-state index contributed by atoms with van der Waals surface area (Å²) in [5, 5.41) is 8.66. The third-order valence-corrected chi connectivity index (χ3v) is 7.56. The molecule has 0 bridgehead atoms. The van der Waals surface area contributed by atoms with Crippen LogP contribution in [0.4, 0.5) is 4.39 Å². The average molecular weight is 463 g/mol. The van der Waals surface area contributed by atoms with Gasteiger partial charge in [0, 0.05) is 12.8 Å². The number of hydrogen-bond donors (Lipinski definition) is 2. The van der Waals surface area contributed by atoms with Gasteiger partial charge in [0.05, 0.1) is 19.0 Å². The number of amides is 1. The molecule has 0 aliphatic rings. The van der Waals surface area contributed by atoms with Gasteiger partial charge in [-0.25, -0.2) is 23.3 Å². The van der Waals surface area contributed by atoms with Crippen LogP contribution in [0.3, 0.4) is 0 Å². The highest BCUT2D eigenvalue weighted by Gasteiger charge is 2.43. The molecule has 0 aliphatic carbocycles. The summed E-state index contributed by atoms with van der Waals surface area (Å²) in [6, 6.07) is 9.75. The topological polar surface area (TPSA) is 128 Å². The summed E-state index contributed by atoms with van der Waals surface area (Å²) >= 11 is 0. The minimum atomic E-state index is -3.94. The number of halogens is 1. The maximum Gasteiger partial charge on any atom is 0.264 e. The van der Waals surface area contributed by atoms with Crippen LogP contribution in [0.1, 0.15) is 13.3 Å². The minimum absolute atomic E-state index is 0.135. The normalized spacial score (nSPS) is 13.5. The lowest BCUT2D eigenvalue weighted by Gasteiger charge is -2.25. The van der Waals surface area contributed by atoms with Gasteiger partial charge in [-0.1, -0.05) is 12.1 Å². The van der Waals surface area contributed by atoms with Crippen LogP contribution >= 0.6 is 0 Å². The number of methoxy groups -OCH3 is 1. The molecule has 1 aromatic heterocycles. The lowest BCUT2D eigenvalue weighted by Crippen LogP contribution is -2.50. The van der Waals surface area contributed by atoms with Crippen LogP contribution in [0.15, 0.2) is 47.5 Å². The van der Waals surface area contributed by atoms with Crippen molar-refractivity contribution in [3.05, 3.63) is 58.9 Å². The fraction of sp³-hybridized carbons (Fsp3) is 0.286. The molecule has 0 spiro atoms. The molecule has 170 valence electrons. The highest BCUT2D eigenvalue weighted by atomic mass is 32.2. The second-order valence-corrected chi connectivity index (χ2v) is 9.96. The zero-order chi connectivity index (χ0) is 23.7. The summed E-state index contributed by atoms with van der Waals surface area (Å²) in [5.41, 5.74) is 1.99. The number of rotatable bonds is 7. The Morgan fingerprint density at radius 3 is 2.47 bits per heavy atom. The summed E-state index contributed by atoms with van der Waals surface area (Å²) < 4.78 is 43.2. The molecule has 0 radical (unpaired) electrons. The van der Waals surface area contributed by atoms with Gasteiger partial charge >= 0.3 is 0 Å². The number of fused-ring (bicyclic) bond motifs is 1. The van der Waals surface area contributed by atoms with E-state index in [-0.39, 0.29) is 23.9 Å². The van der Waals surface area contributed by atoms with Crippen LogP contribution in [-0.4, -0.2) is 47.2 Å². The standard InChI is InChI=1S/C21H22FN3O6S/c1-21(20(27)24-28,32(3,29)30)8-9-25-12-23-17-11-14(10-16(22)18(17)19(25)26)13-4-6-15(31-2)7-5-13/h4-7,10-12,28H,8-9H2,1-3H3,(H,24,27). The number of hydrogen-bond acceptors (Lipinski definition) is 7. The van der Waals surface area contributed by atoms with Crippen LogP contribution in [0.25, 0.3) is 22.0 Å². The lowest BCUT2D eigenvalue weighted by molar-refractivity contribution is -0.131. The number of ether oxygens (including phenoxy) is 1. The van der Waals surface area contributed by atoms with Crippen LogP contribution in [0, 0.1) is 5.82 Å². The Balaban J connectivity index is 1.99. The second-order valence-electron chi connectivity index (χ2n) is 7.52. The number of nitrogens with one attached hydrogen (secondary N) is 1. The van der Waals surface area contributed by atoms with E-state index in [0.29, 0.717) is 16.9 Å². The van der Waals surface area contributed by atoms with Crippen LogP contribution < -0.4 is 15.8 Å². The Morgan fingerprint density at radius 1 is 1.25 bits per heavy atom. The molecule has 1 atom stereocenters. The molecular weight excluding hydrogens is 441 g/mol. The van der Waals surface area contributed by atoms with E-state index in [1.165, 1.54) is 25.0 Å². The summed E-state index contributed by atoms with van der Waals surface area (Å²) in [7, 11) is -2.41. The summed E-state index contributed by atoms with van der Waals surface area (Å²) in [5.74, 6) is -1.26. The number of sulfone groups is 1. The molecule has 0 fully saturated rings. The summed E-state index contributed by atoms with van der Waals surface area (Å²) in [6.45, 7) is 0.896. The van der Waals surface area contributed by atoms with Crippen molar-refractivity contribution < 1.29 is 27.5 Å². The smallest absolute Gasteiger partial charge is 0.264 e. The first-order valence-electron chi connectivity index (χ1n) is 9.49. The van der Waals surface area contributed by atoms with E-state index in [1.807, 2.05) is 0 Å². The van der Waals surface area contributed by atoms with E-state index < -0.39 is 31.9 Å². The first-order valence-corrected chi connectivity index (χ1v) is 11.4. The third kappa shape index (κ3) is 4.21.